The highest BCUT2D eigenvalue weighted by atomic mass is 14.2. The van der Waals surface area contributed by atoms with Crippen LogP contribution in [-0.2, 0) is 6.42 Å². The molecule has 15 heavy (non-hydrogen) atoms. The Kier molecular flexibility index (Phi) is 2.36. The van der Waals surface area contributed by atoms with Crippen molar-refractivity contribution >= 4 is 6.08 Å². The monoisotopic (exact) mass is 197 g/mol. The number of rotatable bonds is 1. The van der Waals surface area contributed by atoms with Gasteiger partial charge in [0.25, 0.3) is 0 Å². The van der Waals surface area contributed by atoms with Crippen LogP contribution in [0.2, 0.25) is 0 Å². The molecule has 1 radical (unpaired) electrons. The fourth-order valence-electron chi connectivity index (χ4n) is 2.87. The molecule has 1 saturated carbocycles. The molecule has 0 spiro atoms. The van der Waals surface area contributed by atoms with Gasteiger partial charge in [0, 0.05) is 0 Å². The zero-order valence-electron chi connectivity index (χ0n) is 9.13. The Labute approximate surface area is 92.0 Å². The molecule has 0 aliphatic heterocycles. The van der Waals surface area contributed by atoms with Crippen LogP contribution in [0.1, 0.15) is 54.7 Å². The van der Waals surface area contributed by atoms with E-state index in [1.54, 1.807) is 5.56 Å². The predicted molar refractivity (Wildman–Crippen MR) is 63.7 cm³/mol. The molecule has 0 saturated heterocycles. The Morgan fingerprint density at radius 1 is 1.07 bits per heavy atom. The van der Waals surface area contributed by atoms with Crippen LogP contribution in [0.4, 0.5) is 0 Å². The van der Waals surface area contributed by atoms with Gasteiger partial charge in [-0.1, -0.05) is 43.5 Å². The summed E-state index contributed by atoms with van der Waals surface area (Å²) in [6.07, 6.45) is 13.5. The maximum atomic E-state index is 3.29. The van der Waals surface area contributed by atoms with Crippen LogP contribution < -0.4 is 0 Å². The number of hydrogen-bond donors (Lipinski definition) is 0. The van der Waals surface area contributed by atoms with Crippen LogP contribution in [0.25, 0.3) is 6.08 Å². The molecule has 0 unspecified atom stereocenters. The van der Waals surface area contributed by atoms with E-state index >= 15 is 0 Å². The predicted octanol–water partition coefficient (Wildman–Crippen LogP) is 4.11. The van der Waals surface area contributed by atoms with Crippen molar-refractivity contribution in [2.45, 2.75) is 44.4 Å². The van der Waals surface area contributed by atoms with Gasteiger partial charge in [-0.05, 0) is 47.9 Å². The van der Waals surface area contributed by atoms with Gasteiger partial charge in [-0.25, -0.2) is 0 Å². The summed E-state index contributed by atoms with van der Waals surface area (Å²) in [4.78, 5) is 0. The molecule has 0 bridgehead atoms. The summed E-state index contributed by atoms with van der Waals surface area (Å²) in [7, 11) is 0. The zero-order chi connectivity index (χ0) is 10.1. The van der Waals surface area contributed by atoms with Crippen LogP contribution in [0.15, 0.2) is 18.2 Å². The van der Waals surface area contributed by atoms with Gasteiger partial charge in [0.1, 0.15) is 0 Å². The van der Waals surface area contributed by atoms with Crippen molar-refractivity contribution < 1.29 is 0 Å². The molecule has 0 nitrogen and oxygen atoms in total. The third-order valence-corrected chi connectivity index (χ3v) is 3.80. The Balaban J connectivity index is 1.88. The van der Waals surface area contributed by atoms with Crippen LogP contribution in [-0.4, -0.2) is 0 Å². The van der Waals surface area contributed by atoms with E-state index in [0.29, 0.717) is 0 Å². The second-order valence-corrected chi connectivity index (χ2v) is 4.82. The lowest BCUT2D eigenvalue weighted by Gasteiger charge is -2.22. The summed E-state index contributed by atoms with van der Waals surface area (Å²) < 4.78 is 0. The first-order valence-electron chi connectivity index (χ1n) is 6.13. The lowest BCUT2D eigenvalue weighted by Crippen LogP contribution is -2.04. The van der Waals surface area contributed by atoms with Crippen molar-refractivity contribution in [3.63, 3.8) is 0 Å². The Hall–Kier alpha value is -1.04. The summed E-state index contributed by atoms with van der Waals surface area (Å²) in [6.45, 7) is 0. The van der Waals surface area contributed by atoms with Crippen LogP contribution in [0, 0.1) is 6.08 Å². The molecule has 1 aromatic carbocycles. The zero-order valence-corrected chi connectivity index (χ0v) is 9.13. The van der Waals surface area contributed by atoms with Crippen LogP contribution >= 0.6 is 0 Å². The topological polar surface area (TPSA) is 0 Å². The first-order chi connectivity index (χ1) is 7.43. The van der Waals surface area contributed by atoms with Gasteiger partial charge in [-0.2, -0.15) is 0 Å². The van der Waals surface area contributed by atoms with Crippen molar-refractivity contribution in [1.82, 2.24) is 0 Å². The van der Waals surface area contributed by atoms with E-state index in [1.165, 1.54) is 43.2 Å². The van der Waals surface area contributed by atoms with Crippen molar-refractivity contribution in [2.24, 2.45) is 0 Å². The van der Waals surface area contributed by atoms with Gasteiger partial charge in [0.2, 0.25) is 0 Å². The Morgan fingerprint density at radius 3 is 2.80 bits per heavy atom. The second kappa shape index (κ2) is 3.84. The quantitative estimate of drug-likeness (QED) is 0.635. The van der Waals surface area contributed by atoms with Crippen molar-refractivity contribution in [3.8, 4) is 0 Å². The van der Waals surface area contributed by atoms with Crippen molar-refractivity contribution in [2.75, 3.05) is 0 Å². The average molecular weight is 197 g/mol. The summed E-state index contributed by atoms with van der Waals surface area (Å²) in [5, 5.41) is 0. The average Bonchev–Trinajstić information content (AvgIpc) is 2.77. The van der Waals surface area contributed by atoms with E-state index in [4.69, 9.17) is 0 Å². The lowest BCUT2D eigenvalue weighted by molar-refractivity contribution is 0.443. The number of allylic oxidation sites excluding steroid dienone is 1. The molecular formula is C15H17. The SMILES string of the molecule is [C]1=Cc2cc(C3CCCCC3)ccc2C1. The molecule has 0 N–H and O–H groups in total. The maximum Gasteiger partial charge on any atom is -0.00168 e. The van der Waals surface area contributed by atoms with Gasteiger partial charge in [0.05, 0.1) is 0 Å². The number of hydrogen-bond acceptors (Lipinski definition) is 0. The van der Waals surface area contributed by atoms with Gasteiger partial charge >= 0.3 is 0 Å². The molecule has 77 valence electrons. The minimum atomic E-state index is 0.832. The van der Waals surface area contributed by atoms with E-state index in [-0.39, 0.29) is 0 Å². The molecule has 0 atom stereocenters. The number of fused-ring (bicyclic) bond motifs is 1. The van der Waals surface area contributed by atoms with Gasteiger partial charge < -0.3 is 0 Å². The van der Waals surface area contributed by atoms with Crippen LogP contribution in [0.3, 0.4) is 0 Å². The first kappa shape index (κ1) is 9.21. The summed E-state index contributed by atoms with van der Waals surface area (Å²) >= 11 is 0. The van der Waals surface area contributed by atoms with E-state index in [9.17, 15) is 0 Å². The van der Waals surface area contributed by atoms with Gasteiger partial charge in [-0.15, -0.1) is 0 Å². The van der Waals surface area contributed by atoms with Crippen molar-refractivity contribution in [1.29, 1.82) is 0 Å². The second-order valence-electron chi connectivity index (χ2n) is 4.82. The summed E-state index contributed by atoms with van der Waals surface area (Å²) in [6, 6.07) is 7.04. The molecule has 0 heteroatoms. The smallest absolute Gasteiger partial charge is 0.00168 e. The molecule has 1 aromatic rings. The minimum Gasteiger partial charge on any atom is -0.0584 e. The summed E-state index contributed by atoms with van der Waals surface area (Å²) in [5.74, 6) is 0.832. The van der Waals surface area contributed by atoms with E-state index in [1.807, 2.05) is 0 Å². The highest BCUT2D eigenvalue weighted by Gasteiger charge is 2.16. The molecule has 0 aromatic heterocycles. The first-order valence-corrected chi connectivity index (χ1v) is 6.13. The third-order valence-electron chi connectivity index (χ3n) is 3.80. The Bertz CT molecular complexity index is 381. The minimum absolute atomic E-state index is 0.832. The summed E-state index contributed by atoms with van der Waals surface area (Å²) in [5.41, 5.74) is 4.43. The largest absolute Gasteiger partial charge is 0.0584 e. The fourth-order valence-corrected chi connectivity index (χ4v) is 2.87. The highest BCUT2D eigenvalue weighted by Crippen LogP contribution is 2.34. The molecule has 0 heterocycles. The third kappa shape index (κ3) is 1.73. The molecule has 0 amide bonds. The molecule has 2 aliphatic carbocycles. The fraction of sp³-hybridized carbons (Fsp3) is 0.467. The van der Waals surface area contributed by atoms with E-state index in [2.05, 4.69) is 30.4 Å². The van der Waals surface area contributed by atoms with Crippen LogP contribution in [0.5, 0.6) is 0 Å². The molecule has 1 fully saturated rings. The molecular weight excluding hydrogens is 180 g/mol. The van der Waals surface area contributed by atoms with Gasteiger partial charge in [0.15, 0.2) is 0 Å². The normalized spacial score (nSPS) is 20.5. The van der Waals surface area contributed by atoms with Gasteiger partial charge in [-0.3, -0.25) is 0 Å². The molecule has 3 rings (SSSR count). The highest BCUT2D eigenvalue weighted by molar-refractivity contribution is 5.58. The van der Waals surface area contributed by atoms with E-state index < -0.39 is 0 Å². The molecule has 2 aliphatic rings. The lowest BCUT2D eigenvalue weighted by atomic mass is 9.83. The maximum absolute atomic E-state index is 3.29. The van der Waals surface area contributed by atoms with E-state index in [0.717, 1.165) is 12.3 Å². The Morgan fingerprint density at radius 2 is 1.93 bits per heavy atom. The van der Waals surface area contributed by atoms with Crippen molar-refractivity contribution in [3.05, 3.63) is 41.0 Å². The standard InChI is InChI=1S/C15H17/c1-2-5-12(6-3-1)15-10-9-13-7-4-8-14(13)11-15/h8-12H,1-3,5-7H2. The number of benzene rings is 1.